The van der Waals surface area contributed by atoms with Crippen molar-refractivity contribution in [3.63, 3.8) is 0 Å². The van der Waals surface area contributed by atoms with Gasteiger partial charge in [-0.25, -0.2) is 8.42 Å². The molecule has 396 valence electrons. The Labute approximate surface area is 415 Å². The fourth-order valence-electron chi connectivity index (χ4n) is 8.33. The van der Waals surface area contributed by atoms with Gasteiger partial charge in [0.15, 0.2) is 9.84 Å². The maximum absolute atomic E-state index is 10.8. The second-order valence-corrected chi connectivity index (χ2v) is 24.0. The average molecular weight is 978 g/mol. The number of piperazine rings is 1. The van der Waals surface area contributed by atoms with Gasteiger partial charge in [0.05, 0.1) is 24.7 Å². The Morgan fingerprint density at radius 3 is 0.773 bits per heavy atom. The summed E-state index contributed by atoms with van der Waals surface area (Å²) in [6.07, 6.45) is 22.8. The number of hydrogen-bond donors (Lipinski definition) is 1. The fourth-order valence-corrected chi connectivity index (χ4v) is 10.8. The summed E-state index contributed by atoms with van der Waals surface area (Å²) in [7, 11) is 16.7. The molecular weight excluding hydrogens is 865 g/mol. The normalized spacial score (nSPS) is 25.7. The van der Waals surface area contributed by atoms with E-state index in [4.69, 9.17) is 4.74 Å². The molecule has 0 radical (unpaired) electrons. The van der Waals surface area contributed by atoms with Gasteiger partial charge in [0.25, 0.3) is 0 Å². The second kappa shape index (κ2) is 43.6. The third-order valence-electron chi connectivity index (χ3n) is 13.5. The summed E-state index contributed by atoms with van der Waals surface area (Å²) in [4.78, 5) is 21.0. The number of likely N-dealkylation sites (tertiary alicyclic amines) is 5. The summed E-state index contributed by atoms with van der Waals surface area (Å²) < 4.78 is 26.6. The van der Waals surface area contributed by atoms with Gasteiger partial charge < -0.3 is 54.2 Å². The molecule has 0 atom stereocenters. The van der Waals surface area contributed by atoms with Crippen LogP contribution in [-0.4, -0.2) is 283 Å². The lowest BCUT2D eigenvalue weighted by molar-refractivity contribution is 0.0503. The first kappa shape index (κ1) is 63.9. The molecule has 0 saturated carbocycles. The number of thioether (sulfide) groups is 1. The van der Waals surface area contributed by atoms with E-state index < -0.39 is 9.84 Å². The highest BCUT2D eigenvalue weighted by molar-refractivity contribution is 7.99. The predicted molar refractivity (Wildman–Crippen MR) is 291 cm³/mol. The van der Waals surface area contributed by atoms with Crippen molar-refractivity contribution in [2.45, 2.75) is 103 Å². The smallest absolute Gasteiger partial charge is 0.152 e. The fraction of sp³-hybridized carbons (Fsp3) is 1.00. The lowest BCUT2D eigenvalue weighted by Crippen LogP contribution is -2.40. The van der Waals surface area contributed by atoms with Crippen molar-refractivity contribution in [1.29, 1.82) is 0 Å². The van der Waals surface area contributed by atoms with E-state index in [0.717, 1.165) is 39.4 Å². The van der Waals surface area contributed by atoms with Crippen LogP contribution in [0.3, 0.4) is 0 Å². The largest absolute Gasteiger partial charge is 0.379 e. The van der Waals surface area contributed by atoms with Gasteiger partial charge in [-0.3, -0.25) is 0 Å². The molecule has 9 fully saturated rings. The van der Waals surface area contributed by atoms with Crippen molar-refractivity contribution < 1.29 is 13.2 Å². The molecule has 9 aliphatic rings. The van der Waals surface area contributed by atoms with Gasteiger partial charge in [0.2, 0.25) is 0 Å². The van der Waals surface area contributed by atoms with Crippen LogP contribution in [0.4, 0.5) is 0 Å². The van der Waals surface area contributed by atoms with Crippen LogP contribution in [0.2, 0.25) is 0 Å². The van der Waals surface area contributed by atoms with E-state index in [-0.39, 0.29) is 0 Å². The van der Waals surface area contributed by atoms with E-state index in [9.17, 15) is 8.42 Å². The minimum atomic E-state index is -2.66. The number of ether oxygens (including phenoxy) is 1. The van der Waals surface area contributed by atoms with E-state index >= 15 is 0 Å². The van der Waals surface area contributed by atoms with Gasteiger partial charge in [-0.2, -0.15) is 11.8 Å². The van der Waals surface area contributed by atoms with E-state index in [0.29, 0.717) is 24.6 Å². The Morgan fingerprint density at radius 1 is 0.318 bits per heavy atom. The maximum Gasteiger partial charge on any atom is 0.152 e. The summed E-state index contributed by atoms with van der Waals surface area (Å²) in [5.41, 5.74) is 0. The van der Waals surface area contributed by atoms with Gasteiger partial charge in [-0.05, 0) is 193 Å². The van der Waals surface area contributed by atoms with Crippen molar-refractivity contribution >= 4 is 21.6 Å². The lowest BCUT2D eigenvalue weighted by Gasteiger charge is -2.21. The van der Waals surface area contributed by atoms with E-state index in [1.807, 2.05) is 11.9 Å². The van der Waals surface area contributed by atoms with Crippen molar-refractivity contribution in [3.8, 4) is 0 Å². The van der Waals surface area contributed by atoms with E-state index in [1.165, 1.54) is 206 Å². The first-order chi connectivity index (χ1) is 31.8. The molecule has 9 heterocycles. The van der Waals surface area contributed by atoms with Gasteiger partial charge >= 0.3 is 0 Å². The summed E-state index contributed by atoms with van der Waals surface area (Å²) in [5, 5.41) is 3.27. The van der Waals surface area contributed by atoms with Crippen LogP contribution in [0.15, 0.2) is 0 Å². The number of nitrogens with zero attached hydrogens (tertiary/aromatic N) is 9. The topological polar surface area (TPSA) is 84.6 Å². The van der Waals surface area contributed by atoms with E-state index in [1.54, 1.807) is 0 Å². The van der Waals surface area contributed by atoms with Gasteiger partial charge in [-0.15, -0.1) is 0 Å². The van der Waals surface area contributed by atoms with Crippen LogP contribution in [0.25, 0.3) is 0 Å². The highest BCUT2D eigenvalue weighted by atomic mass is 32.2. The number of hydrogen-bond acceptors (Lipinski definition) is 14. The Balaban J connectivity index is 0.000000372. The van der Waals surface area contributed by atoms with Crippen molar-refractivity contribution in [3.05, 3.63) is 0 Å². The summed E-state index contributed by atoms with van der Waals surface area (Å²) >= 11 is 2.06. The molecule has 13 nitrogen and oxygen atoms in total. The van der Waals surface area contributed by atoms with Gasteiger partial charge in [0, 0.05) is 77.0 Å². The van der Waals surface area contributed by atoms with Gasteiger partial charge in [0.1, 0.15) is 0 Å². The molecule has 9 saturated heterocycles. The van der Waals surface area contributed by atoms with Crippen molar-refractivity contribution in [2.75, 3.05) is 231 Å². The average Bonchev–Trinajstić information content (AvgIpc) is 3.50. The summed E-state index contributed by atoms with van der Waals surface area (Å²) in [6.45, 7) is 25.9. The van der Waals surface area contributed by atoms with Crippen LogP contribution in [-0.2, 0) is 14.6 Å². The Kier molecular flexibility index (Phi) is 42.2. The van der Waals surface area contributed by atoms with Crippen LogP contribution >= 0.6 is 11.8 Å². The Bertz CT molecular complexity index is 988. The maximum atomic E-state index is 10.8. The van der Waals surface area contributed by atoms with Crippen LogP contribution in [0.5, 0.6) is 0 Å². The highest BCUT2D eigenvalue weighted by Gasteiger charge is 2.18. The quantitative estimate of drug-likeness (QED) is 0.338. The number of likely N-dealkylation sites (N-methyl/N-ethyl adjacent to an activating group) is 2. The lowest BCUT2D eigenvalue weighted by atomic mass is 10.1. The molecule has 1 N–H and O–H groups in total. The first-order valence-electron chi connectivity index (χ1n) is 27.0. The predicted octanol–water partition coefficient (Wildman–Crippen LogP) is 5.38. The van der Waals surface area contributed by atoms with Gasteiger partial charge in [-0.1, -0.05) is 38.5 Å². The van der Waals surface area contributed by atoms with Crippen LogP contribution < -0.4 is 5.32 Å². The molecule has 0 bridgehead atoms. The first-order valence-corrected chi connectivity index (χ1v) is 30.0. The molecule has 0 aromatic heterocycles. The number of piperidine rings is 2. The molecule has 0 amide bonds. The zero-order chi connectivity index (χ0) is 48.5. The number of sulfone groups is 1. The number of morpholine rings is 1. The minimum Gasteiger partial charge on any atom is -0.379 e. The monoisotopic (exact) mass is 977 g/mol. The highest BCUT2D eigenvalue weighted by Crippen LogP contribution is 2.09. The van der Waals surface area contributed by atoms with Crippen molar-refractivity contribution in [1.82, 2.24) is 49.4 Å². The summed E-state index contributed by atoms with van der Waals surface area (Å²) in [5.74, 6) is 3.33. The molecule has 0 unspecified atom stereocenters. The third kappa shape index (κ3) is 42.7. The molecule has 0 spiro atoms. The summed E-state index contributed by atoms with van der Waals surface area (Å²) in [6, 6.07) is 0. The minimum absolute atomic E-state index is 0.337. The molecule has 9 aliphatic heterocycles. The second-order valence-electron chi connectivity index (χ2n) is 20.5. The standard InChI is InChI=1S/2C7H15N.2C6H13N.C5H12N2.C5H11NO2S.C5H11NO.C5H11NS.C5H11N/c2*1-8-6-4-2-3-5-7-8;2*1-7-5-3-2-4-6-7;1-7-4-2-6-3-5-7;1-6-2-4-9(7,8)5-3-6;2*1-6-2-4-7-5-3-6;1-6-4-2-3-5-6/h2*2-7H2,1H3;2*2-6H2,1H3;6H,2-5H2,1H3;2-5H2,1H3;2*2-5H2,1H3;2-5H2,1H3. The zero-order valence-electron chi connectivity index (χ0n) is 45.3. The molecule has 9 rings (SSSR count). The number of rotatable bonds is 0. The molecule has 0 aliphatic carbocycles. The van der Waals surface area contributed by atoms with E-state index in [2.05, 4.69) is 113 Å². The van der Waals surface area contributed by atoms with Crippen molar-refractivity contribution in [2.24, 2.45) is 0 Å². The number of nitrogens with one attached hydrogen (secondary N) is 1. The molecular formula is C51H112N10O3S2. The molecule has 66 heavy (non-hydrogen) atoms. The SMILES string of the molecule is CN1CCCC1.CN1CCCCC1.CN1CCCCC1.CN1CCCCCC1.CN1CCCCCC1.CN1CCNCC1.CN1CCOCC1.CN1CCS(=O)(=O)CC1.CN1CCSCC1. The zero-order valence-corrected chi connectivity index (χ0v) is 46.9. The molecule has 0 aromatic rings. The van der Waals surface area contributed by atoms with Crippen LogP contribution in [0, 0.1) is 0 Å². The Morgan fingerprint density at radius 2 is 0.561 bits per heavy atom. The molecule has 15 heteroatoms. The molecule has 0 aromatic carbocycles. The van der Waals surface area contributed by atoms with Crippen LogP contribution in [0.1, 0.15) is 103 Å². The Hall–Kier alpha value is -0.140. The third-order valence-corrected chi connectivity index (χ3v) is 16.1.